The van der Waals surface area contributed by atoms with Gasteiger partial charge in [0.1, 0.15) is 0 Å². The van der Waals surface area contributed by atoms with Gasteiger partial charge in [-0.05, 0) is 33.1 Å². The van der Waals surface area contributed by atoms with Crippen LogP contribution >= 0.6 is 11.3 Å². The van der Waals surface area contributed by atoms with Gasteiger partial charge >= 0.3 is 0 Å². The Morgan fingerprint density at radius 3 is 2.89 bits per heavy atom. The summed E-state index contributed by atoms with van der Waals surface area (Å²) < 4.78 is 2.17. The fourth-order valence-corrected chi connectivity index (χ4v) is 3.48. The number of aryl methyl sites for hydroxylation is 2. The molecule has 2 heterocycles. The van der Waals surface area contributed by atoms with Gasteiger partial charge in [-0.25, -0.2) is 4.98 Å². The lowest BCUT2D eigenvalue weighted by Gasteiger charge is -2.41. The Balaban J connectivity index is 1.83. The summed E-state index contributed by atoms with van der Waals surface area (Å²) in [5.41, 5.74) is 2.26. The van der Waals surface area contributed by atoms with Gasteiger partial charge in [0.05, 0.1) is 18.0 Å². The van der Waals surface area contributed by atoms with E-state index >= 15 is 0 Å². The number of thiazole rings is 1. The Hall–Kier alpha value is -0.910. The van der Waals surface area contributed by atoms with Crippen LogP contribution in [0.1, 0.15) is 35.5 Å². The van der Waals surface area contributed by atoms with Crippen molar-refractivity contribution in [1.29, 1.82) is 0 Å². The summed E-state index contributed by atoms with van der Waals surface area (Å²) in [5, 5.41) is 13.0. The Morgan fingerprint density at radius 1 is 1.50 bits per heavy atom. The van der Waals surface area contributed by atoms with E-state index in [1.165, 1.54) is 17.0 Å². The first-order valence-electron chi connectivity index (χ1n) is 6.43. The number of fused-ring (bicyclic) bond motifs is 1. The summed E-state index contributed by atoms with van der Waals surface area (Å²) in [7, 11) is 0. The van der Waals surface area contributed by atoms with Crippen LogP contribution in [0.3, 0.4) is 0 Å². The molecule has 98 valence electrons. The average Bonchev–Trinajstić information content (AvgIpc) is 2.74. The predicted molar refractivity (Wildman–Crippen MR) is 73.1 cm³/mol. The van der Waals surface area contributed by atoms with Crippen molar-refractivity contribution in [3.05, 3.63) is 22.5 Å². The number of aliphatic hydroxyl groups is 1. The minimum Gasteiger partial charge on any atom is -0.394 e. The maximum Gasteiger partial charge on any atom is 0.194 e. The molecule has 18 heavy (non-hydrogen) atoms. The molecule has 2 aromatic rings. The molecular formula is C13H19N3OS. The van der Waals surface area contributed by atoms with E-state index in [4.69, 9.17) is 0 Å². The molecule has 0 amide bonds. The Morgan fingerprint density at radius 2 is 2.28 bits per heavy atom. The van der Waals surface area contributed by atoms with E-state index in [9.17, 15) is 5.11 Å². The highest BCUT2D eigenvalue weighted by Crippen LogP contribution is 2.32. The van der Waals surface area contributed by atoms with E-state index < -0.39 is 0 Å². The first-order chi connectivity index (χ1) is 8.63. The van der Waals surface area contributed by atoms with Crippen LogP contribution < -0.4 is 5.32 Å². The third kappa shape index (κ3) is 1.86. The van der Waals surface area contributed by atoms with Crippen molar-refractivity contribution in [2.24, 2.45) is 0 Å². The minimum absolute atomic E-state index is 0.0400. The molecule has 0 aromatic carbocycles. The van der Waals surface area contributed by atoms with Crippen LogP contribution in [0.2, 0.25) is 0 Å². The number of aromatic nitrogens is 2. The van der Waals surface area contributed by atoms with Gasteiger partial charge in [-0.15, -0.1) is 11.3 Å². The third-order valence-electron chi connectivity index (χ3n) is 3.99. The second-order valence-electron chi connectivity index (χ2n) is 5.28. The maximum absolute atomic E-state index is 9.47. The highest BCUT2D eigenvalue weighted by atomic mass is 32.1. The molecule has 1 aliphatic carbocycles. The molecule has 0 aliphatic heterocycles. The molecule has 1 aliphatic rings. The highest BCUT2D eigenvalue weighted by molar-refractivity contribution is 7.17. The molecule has 0 spiro atoms. The van der Waals surface area contributed by atoms with Crippen molar-refractivity contribution in [2.45, 2.75) is 45.2 Å². The van der Waals surface area contributed by atoms with Gasteiger partial charge in [-0.3, -0.25) is 4.40 Å². The van der Waals surface area contributed by atoms with Crippen molar-refractivity contribution in [2.75, 3.05) is 6.61 Å². The molecule has 5 heteroatoms. The number of hydrogen-bond acceptors (Lipinski definition) is 4. The highest BCUT2D eigenvalue weighted by Gasteiger charge is 2.35. The number of imidazole rings is 1. The fourth-order valence-electron chi connectivity index (χ4n) is 2.59. The minimum atomic E-state index is -0.0400. The Labute approximate surface area is 111 Å². The summed E-state index contributed by atoms with van der Waals surface area (Å²) in [6.07, 6.45) is 5.51. The van der Waals surface area contributed by atoms with Crippen LogP contribution in [0, 0.1) is 13.8 Å². The summed E-state index contributed by atoms with van der Waals surface area (Å²) in [4.78, 5) is 6.92. The van der Waals surface area contributed by atoms with Crippen LogP contribution in [0.4, 0.5) is 0 Å². The number of nitrogens with zero attached hydrogens (tertiary/aromatic N) is 2. The fraction of sp³-hybridized carbons (Fsp3) is 0.615. The monoisotopic (exact) mass is 265 g/mol. The molecule has 0 unspecified atom stereocenters. The zero-order chi connectivity index (χ0) is 12.8. The largest absolute Gasteiger partial charge is 0.394 e. The van der Waals surface area contributed by atoms with E-state index in [1.807, 2.05) is 0 Å². The van der Waals surface area contributed by atoms with E-state index in [1.54, 1.807) is 11.3 Å². The van der Waals surface area contributed by atoms with Gasteiger partial charge < -0.3 is 10.4 Å². The predicted octanol–water partition coefficient (Wildman–Crippen LogP) is 2.02. The van der Waals surface area contributed by atoms with Crippen molar-refractivity contribution in [1.82, 2.24) is 14.7 Å². The van der Waals surface area contributed by atoms with Gasteiger partial charge in [0.15, 0.2) is 4.96 Å². The van der Waals surface area contributed by atoms with Crippen molar-refractivity contribution in [3.63, 3.8) is 0 Å². The zero-order valence-electron chi connectivity index (χ0n) is 10.9. The van der Waals surface area contributed by atoms with Crippen LogP contribution in [0.25, 0.3) is 4.96 Å². The van der Waals surface area contributed by atoms with Gasteiger partial charge in [0, 0.05) is 23.2 Å². The lowest BCUT2D eigenvalue weighted by Crippen LogP contribution is -2.53. The first kappa shape index (κ1) is 12.1. The molecular weight excluding hydrogens is 246 g/mol. The van der Waals surface area contributed by atoms with Crippen LogP contribution in [0.15, 0.2) is 6.20 Å². The number of hydrogen-bond donors (Lipinski definition) is 2. The second-order valence-corrected chi connectivity index (χ2v) is 6.50. The van der Waals surface area contributed by atoms with Gasteiger partial charge in [-0.2, -0.15) is 0 Å². The molecule has 2 N–H and O–H groups in total. The third-order valence-corrected chi connectivity index (χ3v) is 4.88. The molecule has 0 atom stereocenters. The number of nitrogens with one attached hydrogen (secondary N) is 1. The van der Waals surface area contributed by atoms with Crippen molar-refractivity contribution >= 4 is 16.3 Å². The standard InChI is InChI=1S/C13H19N3OS/c1-9-7-16-11(10(2)15-12(16)18-9)6-14-13(8-17)4-3-5-13/h7,14,17H,3-6,8H2,1-2H3. The van der Waals surface area contributed by atoms with E-state index in [0.717, 1.165) is 30.0 Å². The van der Waals surface area contributed by atoms with Crippen LogP contribution in [-0.4, -0.2) is 26.6 Å². The lowest BCUT2D eigenvalue weighted by molar-refractivity contribution is 0.0867. The van der Waals surface area contributed by atoms with Gasteiger partial charge in [-0.1, -0.05) is 0 Å². The Kier molecular flexibility index (Phi) is 2.92. The molecule has 1 saturated carbocycles. The summed E-state index contributed by atoms with van der Waals surface area (Å²) in [6, 6.07) is 0. The Bertz CT molecular complexity index is 563. The SMILES string of the molecule is Cc1cn2c(CNC3(CO)CCC3)c(C)nc2s1. The average molecular weight is 265 g/mol. The van der Waals surface area contributed by atoms with E-state index in [2.05, 4.69) is 34.7 Å². The van der Waals surface area contributed by atoms with Crippen molar-refractivity contribution < 1.29 is 5.11 Å². The maximum atomic E-state index is 9.47. The first-order valence-corrected chi connectivity index (χ1v) is 7.25. The van der Waals surface area contributed by atoms with E-state index in [-0.39, 0.29) is 12.1 Å². The number of aliphatic hydroxyl groups excluding tert-OH is 1. The molecule has 2 aromatic heterocycles. The van der Waals surface area contributed by atoms with Gasteiger partial charge in [0.25, 0.3) is 0 Å². The summed E-state index contributed by atoms with van der Waals surface area (Å²) >= 11 is 1.72. The van der Waals surface area contributed by atoms with Crippen LogP contribution in [-0.2, 0) is 6.54 Å². The molecule has 0 bridgehead atoms. The molecule has 0 radical (unpaired) electrons. The summed E-state index contributed by atoms with van der Waals surface area (Å²) in [5.74, 6) is 0. The zero-order valence-corrected chi connectivity index (χ0v) is 11.7. The van der Waals surface area contributed by atoms with Gasteiger partial charge in [0.2, 0.25) is 0 Å². The van der Waals surface area contributed by atoms with Crippen LogP contribution in [0.5, 0.6) is 0 Å². The number of rotatable bonds is 4. The molecule has 3 rings (SSSR count). The summed E-state index contributed by atoms with van der Waals surface area (Å²) in [6.45, 7) is 5.17. The molecule has 1 fully saturated rings. The normalized spacial score (nSPS) is 18.2. The molecule has 0 saturated heterocycles. The topological polar surface area (TPSA) is 49.6 Å². The smallest absolute Gasteiger partial charge is 0.194 e. The quantitative estimate of drug-likeness (QED) is 0.889. The lowest BCUT2D eigenvalue weighted by atomic mass is 9.77. The second kappa shape index (κ2) is 4.33. The van der Waals surface area contributed by atoms with E-state index in [0.29, 0.717) is 0 Å². The molecule has 4 nitrogen and oxygen atoms in total. The van der Waals surface area contributed by atoms with Crippen molar-refractivity contribution in [3.8, 4) is 0 Å².